The summed E-state index contributed by atoms with van der Waals surface area (Å²) in [5.41, 5.74) is 1.51. The number of fused-ring (bicyclic) bond motifs is 1. The molecule has 0 atom stereocenters. The number of pyridine rings is 1. The summed E-state index contributed by atoms with van der Waals surface area (Å²) in [6.07, 6.45) is 4.22. The van der Waals surface area contributed by atoms with E-state index in [4.69, 9.17) is 5.26 Å². The van der Waals surface area contributed by atoms with Crippen molar-refractivity contribution < 1.29 is 17.6 Å². The highest BCUT2D eigenvalue weighted by molar-refractivity contribution is 7.92. The summed E-state index contributed by atoms with van der Waals surface area (Å²) >= 11 is 0. The summed E-state index contributed by atoms with van der Waals surface area (Å²) in [6.45, 7) is 1.55. The molecular weight excluding hydrogens is 421 g/mol. The number of nitrogens with zero attached hydrogens (tertiary/aromatic N) is 4. The molecule has 2 aromatic heterocycles. The van der Waals surface area contributed by atoms with Gasteiger partial charge in [-0.2, -0.15) is 5.26 Å². The number of benzene rings is 1. The lowest BCUT2D eigenvalue weighted by Crippen LogP contribution is -2.24. The van der Waals surface area contributed by atoms with E-state index in [-0.39, 0.29) is 24.0 Å². The van der Waals surface area contributed by atoms with Crippen LogP contribution in [-0.4, -0.2) is 36.2 Å². The van der Waals surface area contributed by atoms with Gasteiger partial charge in [0.05, 0.1) is 17.5 Å². The first-order valence-corrected chi connectivity index (χ1v) is 11.4. The maximum absolute atomic E-state index is 14.7. The van der Waals surface area contributed by atoms with Crippen molar-refractivity contribution >= 4 is 39.0 Å². The maximum atomic E-state index is 14.7. The minimum atomic E-state index is -3.61. The second-order valence-corrected chi connectivity index (χ2v) is 9.32. The Morgan fingerprint density at radius 1 is 1.35 bits per heavy atom. The smallest absolute Gasteiger partial charge is 0.232 e. The molecule has 1 amide bonds. The molecular formula is C21H20FN5O3S. The van der Waals surface area contributed by atoms with Crippen molar-refractivity contribution in [3.63, 3.8) is 0 Å². The molecule has 0 bridgehead atoms. The van der Waals surface area contributed by atoms with E-state index in [1.165, 1.54) is 19.1 Å². The standard InChI is InChI=1S/C21H20FN5O3S/c1-2-31(29,30)25-19-6-3-14(11-18(19)22)17-12-20(27(13-28)15-4-5-15)24-21-16(17)7-9-26(21)10-8-23/h3,6-7,9,11-13,15,25H,2,4-5,10H2,1H3. The molecule has 0 radical (unpaired) electrons. The summed E-state index contributed by atoms with van der Waals surface area (Å²) in [4.78, 5) is 17.8. The lowest BCUT2D eigenvalue weighted by atomic mass is 10.0. The van der Waals surface area contributed by atoms with Crippen molar-refractivity contribution in [3.8, 4) is 17.2 Å². The number of hydrogen-bond donors (Lipinski definition) is 1. The molecule has 160 valence electrons. The third kappa shape index (κ3) is 4.09. The number of amides is 1. The van der Waals surface area contributed by atoms with Crippen LogP contribution in [-0.2, 0) is 21.4 Å². The third-order valence-electron chi connectivity index (χ3n) is 5.20. The Kier molecular flexibility index (Phi) is 5.37. The number of hydrogen-bond acceptors (Lipinski definition) is 5. The maximum Gasteiger partial charge on any atom is 0.232 e. The molecule has 0 unspecified atom stereocenters. The van der Waals surface area contributed by atoms with Gasteiger partial charge in [0.25, 0.3) is 0 Å². The van der Waals surface area contributed by atoms with Crippen LogP contribution in [0.15, 0.2) is 36.5 Å². The van der Waals surface area contributed by atoms with E-state index in [2.05, 4.69) is 15.8 Å². The zero-order chi connectivity index (χ0) is 22.2. The van der Waals surface area contributed by atoms with Crippen LogP contribution in [0.5, 0.6) is 0 Å². The fourth-order valence-electron chi connectivity index (χ4n) is 3.41. The molecule has 3 aromatic rings. The molecule has 1 aromatic carbocycles. The van der Waals surface area contributed by atoms with Crippen molar-refractivity contribution in [2.75, 3.05) is 15.4 Å². The predicted octanol–water partition coefficient (Wildman–Crippen LogP) is 3.25. The van der Waals surface area contributed by atoms with Crippen molar-refractivity contribution in [2.24, 2.45) is 0 Å². The van der Waals surface area contributed by atoms with Gasteiger partial charge in [0, 0.05) is 17.6 Å². The Bertz CT molecular complexity index is 1310. The van der Waals surface area contributed by atoms with Crippen LogP contribution in [0.4, 0.5) is 15.9 Å². The van der Waals surface area contributed by atoms with Crippen molar-refractivity contribution in [1.29, 1.82) is 5.26 Å². The average Bonchev–Trinajstić information content (AvgIpc) is 3.50. The van der Waals surface area contributed by atoms with Crippen LogP contribution >= 0.6 is 0 Å². The topological polar surface area (TPSA) is 108 Å². The number of carbonyl (C=O) groups is 1. The number of aromatic nitrogens is 2. The molecule has 31 heavy (non-hydrogen) atoms. The third-order valence-corrected chi connectivity index (χ3v) is 6.49. The summed E-state index contributed by atoms with van der Waals surface area (Å²) < 4.78 is 42.2. The highest BCUT2D eigenvalue weighted by Gasteiger charge is 2.30. The van der Waals surface area contributed by atoms with Gasteiger partial charge in [-0.05, 0) is 55.2 Å². The van der Waals surface area contributed by atoms with E-state index in [9.17, 15) is 17.6 Å². The van der Waals surface area contributed by atoms with Gasteiger partial charge < -0.3 is 4.57 Å². The zero-order valence-corrected chi connectivity index (χ0v) is 17.6. The SMILES string of the molecule is CCS(=O)(=O)Nc1ccc(-c2cc(N(C=O)C3CC3)nc3c2ccn3CC#N)cc1F. The van der Waals surface area contributed by atoms with Crippen molar-refractivity contribution in [3.05, 3.63) is 42.3 Å². The van der Waals surface area contributed by atoms with Crippen LogP contribution < -0.4 is 9.62 Å². The van der Waals surface area contributed by atoms with E-state index in [0.717, 1.165) is 19.3 Å². The summed E-state index contributed by atoms with van der Waals surface area (Å²) in [6, 6.07) is 9.89. The van der Waals surface area contributed by atoms with E-state index in [1.54, 1.807) is 33.9 Å². The van der Waals surface area contributed by atoms with Gasteiger partial charge in [0.15, 0.2) is 0 Å². The minimum absolute atomic E-state index is 0.0794. The second-order valence-electron chi connectivity index (χ2n) is 7.31. The van der Waals surface area contributed by atoms with Gasteiger partial charge in [0.2, 0.25) is 16.4 Å². The molecule has 2 heterocycles. The number of sulfonamides is 1. The molecule has 0 aliphatic heterocycles. The van der Waals surface area contributed by atoms with Gasteiger partial charge in [-0.15, -0.1) is 0 Å². The summed E-state index contributed by atoms with van der Waals surface area (Å²) in [5, 5.41) is 9.81. The molecule has 1 saturated carbocycles. The number of carbonyl (C=O) groups excluding carboxylic acids is 1. The van der Waals surface area contributed by atoms with Gasteiger partial charge in [-0.3, -0.25) is 14.4 Å². The molecule has 1 fully saturated rings. The second kappa shape index (κ2) is 8.00. The van der Waals surface area contributed by atoms with Crippen LogP contribution in [0, 0.1) is 17.1 Å². The average molecular weight is 441 g/mol. The molecule has 4 rings (SSSR count). The van der Waals surface area contributed by atoms with Gasteiger partial charge in [0.1, 0.15) is 23.8 Å². The minimum Gasteiger partial charge on any atom is -0.319 e. The normalized spacial score (nSPS) is 13.7. The Morgan fingerprint density at radius 3 is 2.74 bits per heavy atom. The number of anilines is 2. The predicted molar refractivity (Wildman–Crippen MR) is 115 cm³/mol. The highest BCUT2D eigenvalue weighted by Crippen LogP contribution is 2.36. The van der Waals surface area contributed by atoms with Crippen molar-refractivity contribution in [1.82, 2.24) is 9.55 Å². The van der Waals surface area contributed by atoms with Crippen LogP contribution in [0.25, 0.3) is 22.2 Å². The van der Waals surface area contributed by atoms with E-state index >= 15 is 0 Å². The Balaban J connectivity index is 1.85. The number of nitrogens with one attached hydrogen (secondary N) is 1. The van der Waals surface area contributed by atoms with E-state index < -0.39 is 15.8 Å². The van der Waals surface area contributed by atoms with Crippen molar-refractivity contribution in [2.45, 2.75) is 32.4 Å². The van der Waals surface area contributed by atoms with E-state index in [1.807, 2.05) is 0 Å². The molecule has 1 aliphatic rings. The monoisotopic (exact) mass is 441 g/mol. The molecule has 10 heteroatoms. The quantitative estimate of drug-likeness (QED) is 0.540. The van der Waals surface area contributed by atoms with Crippen LogP contribution in [0.1, 0.15) is 19.8 Å². The number of nitriles is 1. The van der Waals surface area contributed by atoms with Gasteiger partial charge in [-0.1, -0.05) is 6.07 Å². The summed E-state index contributed by atoms with van der Waals surface area (Å²) in [5.74, 6) is -0.460. The first-order chi connectivity index (χ1) is 14.9. The highest BCUT2D eigenvalue weighted by atomic mass is 32.2. The lowest BCUT2D eigenvalue weighted by molar-refractivity contribution is -0.107. The fraction of sp³-hybridized carbons (Fsp3) is 0.286. The Labute approximate surface area is 179 Å². The Morgan fingerprint density at radius 2 is 2.13 bits per heavy atom. The van der Waals surface area contributed by atoms with Gasteiger partial charge in [-0.25, -0.2) is 17.8 Å². The summed E-state index contributed by atoms with van der Waals surface area (Å²) in [7, 11) is -3.61. The Hall–Kier alpha value is -3.45. The molecule has 0 saturated heterocycles. The largest absolute Gasteiger partial charge is 0.319 e. The molecule has 8 nitrogen and oxygen atoms in total. The number of halogens is 1. The molecule has 1 aliphatic carbocycles. The lowest BCUT2D eigenvalue weighted by Gasteiger charge is -2.18. The first-order valence-electron chi connectivity index (χ1n) is 9.77. The van der Waals surface area contributed by atoms with Crippen LogP contribution in [0.3, 0.4) is 0 Å². The fourth-order valence-corrected chi connectivity index (χ4v) is 4.05. The first kappa shape index (κ1) is 20.8. The molecule has 0 spiro atoms. The zero-order valence-electron chi connectivity index (χ0n) is 16.7. The van der Waals surface area contributed by atoms with E-state index in [0.29, 0.717) is 28.0 Å². The molecule has 1 N–H and O–H groups in total. The number of rotatable bonds is 8. The van der Waals surface area contributed by atoms with Gasteiger partial charge >= 0.3 is 0 Å². The van der Waals surface area contributed by atoms with Crippen LogP contribution in [0.2, 0.25) is 0 Å².